The lowest BCUT2D eigenvalue weighted by molar-refractivity contribution is -0.385. The molecule has 3 aromatic rings. The van der Waals surface area contributed by atoms with Crippen LogP contribution in [0, 0.1) is 15.9 Å². The molecule has 0 aliphatic carbocycles. The number of nitro benzene ring substituents is 1. The van der Waals surface area contributed by atoms with Crippen molar-refractivity contribution >= 4 is 33.1 Å². The van der Waals surface area contributed by atoms with Gasteiger partial charge in [0.25, 0.3) is 11.6 Å². The Labute approximate surface area is 155 Å². The predicted octanol–water partition coefficient (Wildman–Crippen LogP) is 2.95. The summed E-state index contributed by atoms with van der Waals surface area (Å²) in [6, 6.07) is 6.26. The molecule has 10 heteroatoms. The summed E-state index contributed by atoms with van der Waals surface area (Å²) in [5.41, 5.74) is 0.143. The number of carbonyl (C=O) groups is 1. The minimum atomic E-state index is -0.864. The third-order valence-corrected chi connectivity index (χ3v) is 5.21. The maximum atomic E-state index is 14.1. The minimum Gasteiger partial charge on any atom is -0.453 e. The molecule has 1 aliphatic rings. The third kappa shape index (κ3) is 3.20. The number of halogens is 1. The molecule has 0 bridgehead atoms. The molecule has 4 rings (SSSR count). The van der Waals surface area contributed by atoms with E-state index in [2.05, 4.69) is 4.98 Å². The van der Waals surface area contributed by atoms with Crippen LogP contribution in [-0.4, -0.2) is 45.0 Å². The maximum Gasteiger partial charge on any atom is 0.272 e. The molecule has 27 heavy (non-hydrogen) atoms. The van der Waals surface area contributed by atoms with E-state index < -0.39 is 16.8 Å². The first kappa shape index (κ1) is 17.3. The first-order valence-corrected chi connectivity index (χ1v) is 8.71. The van der Waals surface area contributed by atoms with E-state index >= 15 is 0 Å². The van der Waals surface area contributed by atoms with E-state index in [0.717, 1.165) is 23.5 Å². The lowest BCUT2D eigenvalue weighted by Gasteiger charge is -2.35. The van der Waals surface area contributed by atoms with Crippen molar-refractivity contribution in [3.05, 3.63) is 57.3 Å². The van der Waals surface area contributed by atoms with Gasteiger partial charge in [0.05, 0.1) is 32.2 Å². The number of benzene rings is 1. The molecule has 0 unspecified atom stereocenters. The molecule has 0 spiro atoms. The number of nitro groups is 1. The Balaban J connectivity index is 1.64. The lowest BCUT2D eigenvalue weighted by Crippen LogP contribution is -2.53. The maximum absolute atomic E-state index is 14.1. The van der Waals surface area contributed by atoms with E-state index in [4.69, 9.17) is 4.74 Å². The van der Waals surface area contributed by atoms with E-state index in [-0.39, 0.29) is 30.4 Å². The quantitative estimate of drug-likeness (QED) is 0.543. The van der Waals surface area contributed by atoms with Crippen molar-refractivity contribution < 1.29 is 24.0 Å². The second kappa shape index (κ2) is 6.56. The number of fused-ring (bicyclic) bond motifs is 1. The molecule has 0 radical (unpaired) electrons. The fraction of sp³-hybridized carbons (Fsp3) is 0.176. The number of nitrogens with zero attached hydrogens (tertiary/aromatic N) is 3. The Morgan fingerprint density at radius 3 is 2.78 bits per heavy atom. The molecule has 138 valence electrons. The van der Waals surface area contributed by atoms with E-state index in [1.807, 2.05) is 0 Å². The topological polar surface area (TPSA) is 106 Å². The van der Waals surface area contributed by atoms with Gasteiger partial charge >= 0.3 is 0 Å². The standard InChI is InChI=1S/C17H12FN3O5S/c18-11-5-9(21(24)25)1-2-13(11)26-14-3-4-19-12-6-15(27-16(12)14)17(23)20-7-10(22)8-20/h1-6,10,22H,7-8H2. The molecule has 2 aromatic heterocycles. The van der Waals surface area contributed by atoms with Crippen molar-refractivity contribution in [2.45, 2.75) is 6.10 Å². The average molecular weight is 389 g/mol. The molecule has 3 heterocycles. The van der Waals surface area contributed by atoms with Crippen molar-refractivity contribution in [3.8, 4) is 11.5 Å². The monoisotopic (exact) mass is 389 g/mol. The molecule has 0 saturated carbocycles. The Morgan fingerprint density at radius 1 is 1.33 bits per heavy atom. The summed E-state index contributed by atoms with van der Waals surface area (Å²) in [5.74, 6) is -0.951. The number of amides is 1. The number of hydrogen-bond donors (Lipinski definition) is 1. The highest BCUT2D eigenvalue weighted by atomic mass is 32.1. The van der Waals surface area contributed by atoms with E-state index in [9.17, 15) is 24.4 Å². The SMILES string of the molecule is O=C(c1cc2nccc(Oc3ccc([N+](=O)[O-])cc3F)c2s1)N1CC(O)C1. The van der Waals surface area contributed by atoms with Crippen LogP contribution in [0.15, 0.2) is 36.5 Å². The van der Waals surface area contributed by atoms with Crippen LogP contribution >= 0.6 is 11.3 Å². The number of aliphatic hydroxyl groups excluding tert-OH is 1. The number of thiophene rings is 1. The second-order valence-corrected chi connectivity index (χ2v) is 7.02. The van der Waals surface area contributed by atoms with Gasteiger partial charge < -0.3 is 14.7 Å². The molecule has 1 aliphatic heterocycles. The number of carbonyl (C=O) groups excluding carboxylic acids is 1. The van der Waals surface area contributed by atoms with Crippen molar-refractivity contribution in [2.24, 2.45) is 0 Å². The number of aliphatic hydroxyl groups is 1. The number of aromatic nitrogens is 1. The van der Waals surface area contributed by atoms with Crippen LogP contribution in [0.25, 0.3) is 10.2 Å². The first-order chi connectivity index (χ1) is 12.9. The largest absolute Gasteiger partial charge is 0.453 e. The molecule has 1 fully saturated rings. The van der Waals surface area contributed by atoms with Gasteiger partial charge in [-0.25, -0.2) is 4.39 Å². The normalized spacial score (nSPS) is 14.2. The van der Waals surface area contributed by atoms with E-state index in [1.165, 1.54) is 23.2 Å². The van der Waals surface area contributed by atoms with Gasteiger partial charge in [-0.05, 0) is 12.1 Å². The van der Waals surface area contributed by atoms with Crippen molar-refractivity contribution in [2.75, 3.05) is 13.1 Å². The molecule has 8 nitrogen and oxygen atoms in total. The van der Waals surface area contributed by atoms with Crippen LogP contribution in [0.4, 0.5) is 10.1 Å². The number of hydrogen-bond acceptors (Lipinski definition) is 7. The summed E-state index contributed by atoms with van der Waals surface area (Å²) in [5, 5.41) is 20.1. The molecule has 1 N–H and O–H groups in total. The number of likely N-dealkylation sites (tertiary alicyclic amines) is 1. The summed E-state index contributed by atoms with van der Waals surface area (Å²) in [7, 11) is 0. The van der Waals surface area contributed by atoms with Gasteiger partial charge in [-0.3, -0.25) is 19.9 Å². The lowest BCUT2D eigenvalue weighted by atomic mass is 10.1. The van der Waals surface area contributed by atoms with Gasteiger partial charge in [0.2, 0.25) is 0 Å². The van der Waals surface area contributed by atoms with Gasteiger partial charge in [0, 0.05) is 31.4 Å². The third-order valence-electron chi connectivity index (χ3n) is 4.08. The number of non-ortho nitro benzene ring substituents is 1. The zero-order chi connectivity index (χ0) is 19.1. The van der Waals surface area contributed by atoms with Crippen LogP contribution in [0.5, 0.6) is 11.5 Å². The molecule has 1 amide bonds. The number of rotatable bonds is 4. The van der Waals surface area contributed by atoms with Crippen LogP contribution in [0.2, 0.25) is 0 Å². The van der Waals surface area contributed by atoms with Crippen LogP contribution in [0.1, 0.15) is 9.67 Å². The van der Waals surface area contributed by atoms with E-state index in [0.29, 0.717) is 20.8 Å². The van der Waals surface area contributed by atoms with Gasteiger partial charge in [-0.2, -0.15) is 0 Å². The van der Waals surface area contributed by atoms with Crippen LogP contribution < -0.4 is 4.74 Å². The van der Waals surface area contributed by atoms with Gasteiger partial charge in [-0.15, -0.1) is 11.3 Å². The Bertz CT molecular complexity index is 1060. The molecular formula is C17H12FN3O5S. The Hall–Kier alpha value is -3.11. The zero-order valence-electron chi connectivity index (χ0n) is 13.7. The summed E-state index contributed by atoms with van der Waals surface area (Å²) < 4.78 is 20.2. The summed E-state index contributed by atoms with van der Waals surface area (Å²) >= 11 is 1.15. The number of pyridine rings is 1. The highest BCUT2D eigenvalue weighted by Gasteiger charge is 2.30. The Kier molecular flexibility index (Phi) is 4.21. The smallest absolute Gasteiger partial charge is 0.272 e. The molecule has 1 aromatic carbocycles. The average Bonchev–Trinajstić information content (AvgIpc) is 3.05. The number of β-amino-alcohol motifs (C(OH)–C–C–N with tert-alkyl or cyclic N) is 1. The Morgan fingerprint density at radius 2 is 2.11 bits per heavy atom. The van der Waals surface area contributed by atoms with Crippen molar-refractivity contribution in [1.29, 1.82) is 0 Å². The van der Waals surface area contributed by atoms with Crippen LogP contribution in [-0.2, 0) is 0 Å². The summed E-state index contributed by atoms with van der Waals surface area (Å²) in [6.45, 7) is 0.579. The summed E-state index contributed by atoms with van der Waals surface area (Å²) in [6.07, 6.45) is 0.973. The minimum absolute atomic E-state index is 0.166. The molecular weight excluding hydrogens is 377 g/mol. The van der Waals surface area contributed by atoms with Crippen LogP contribution in [0.3, 0.4) is 0 Å². The van der Waals surface area contributed by atoms with Crippen molar-refractivity contribution in [3.63, 3.8) is 0 Å². The highest BCUT2D eigenvalue weighted by Crippen LogP contribution is 2.37. The highest BCUT2D eigenvalue weighted by molar-refractivity contribution is 7.21. The fourth-order valence-corrected chi connectivity index (χ4v) is 3.72. The first-order valence-electron chi connectivity index (χ1n) is 7.90. The number of ether oxygens (including phenoxy) is 1. The van der Waals surface area contributed by atoms with Gasteiger partial charge in [-0.1, -0.05) is 0 Å². The summed E-state index contributed by atoms with van der Waals surface area (Å²) in [4.78, 5) is 28.6. The van der Waals surface area contributed by atoms with Crippen molar-refractivity contribution in [1.82, 2.24) is 9.88 Å². The zero-order valence-corrected chi connectivity index (χ0v) is 14.5. The molecule has 0 atom stereocenters. The fourth-order valence-electron chi connectivity index (χ4n) is 2.68. The van der Waals surface area contributed by atoms with Gasteiger partial charge in [0.15, 0.2) is 11.6 Å². The molecule has 1 saturated heterocycles. The van der Waals surface area contributed by atoms with E-state index in [1.54, 1.807) is 6.07 Å². The second-order valence-electron chi connectivity index (χ2n) is 5.97. The predicted molar refractivity (Wildman–Crippen MR) is 94.7 cm³/mol. The van der Waals surface area contributed by atoms with Gasteiger partial charge in [0.1, 0.15) is 5.75 Å².